The molecule has 1 aromatic carbocycles. The first-order valence-corrected chi connectivity index (χ1v) is 6.42. The van der Waals surface area contributed by atoms with Gasteiger partial charge in [0.05, 0.1) is 12.8 Å². The first-order valence-electron chi connectivity index (χ1n) is 6.04. The third-order valence-electron chi connectivity index (χ3n) is 3.87. The Balaban J connectivity index is 1.76. The smallest absolute Gasteiger partial charge is 0.142 e. The average Bonchev–Trinajstić information content (AvgIpc) is 2.68. The van der Waals surface area contributed by atoms with Crippen LogP contribution in [0.5, 0.6) is 5.75 Å². The van der Waals surface area contributed by atoms with E-state index in [4.69, 9.17) is 16.3 Å². The zero-order valence-electron chi connectivity index (χ0n) is 9.82. The summed E-state index contributed by atoms with van der Waals surface area (Å²) in [5.74, 6) is 2.41. The van der Waals surface area contributed by atoms with Crippen molar-refractivity contribution in [3.63, 3.8) is 0 Å². The van der Waals surface area contributed by atoms with Crippen LogP contribution in [0, 0.1) is 11.8 Å². The molecule has 3 rings (SSSR count). The van der Waals surface area contributed by atoms with Gasteiger partial charge in [-0.05, 0) is 37.0 Å². The van der Waals surface area contributed by atoms with Gasteiger partial charge in [0.1, 0.15) is 5.75 Å². The van der Waals surface area contributed by atoms with Crippen molar-refractivity contribution in [1.29, 1.82) is 0 Å². The standard InChI is InChI=1S/C14H16ClNO/c1-17-14-6-5-10(15)8-13(14)16-12-7-9-3-2-4-11(9)12/h2,4-6,8-9,11-12,16H,3,7H2,1H3. The molecule has 0 saturated heterocycles. The lowest BCUT2D eigenvalue weighted by Gasteiger charge is -2.41. The third-order valence-corrected chi connectivity index (χ3v) is 4.10. The van der Waals surface area contributed by atoms with Gasteiger partial charge in [0, 0.05) is 17.0 Å². The number of allylic oxidation sites excluding steroid dienone is 1. The Morgan fingerprint density at radius 2 is 2.29 bits per heavy atom. The lowest BCUT2D eigenvalue weighted by molar-refractivity contribution is 0.217. The van der Waals surface area contributed by atoms with Gasteiger partial charge in [-0.3, -0.25) is 0 Å². The fourth-order valence-electron chi connectivity index (χ4n) is 2.88. The number of hydrogen-bond acceptors (Lipinski definition) is 2. The number of benzene rings is 1. The summed E-state index contributed by atoms with van der Waals surface area (Å²) in [6, 6.07) is 6.23. The molecule has 1 saturated carbocycles. The molecule has 0 bridgehead atoms. The average molecular weight is 250 g/mol. The van der Waals surface area contributed by atoms with Gasteiger partial charge in [-0.1, -0.05) is 23.8 Å². The summed E-state index contributed by atoms with van der Waals surface area (Å²) >= 11 is 6.02. The highest BCUT2D eigenvalue weighted by atomic mass is 35.5. The summed E-state index contributed by atoms with van der Waals surface area (Å²) in [5.41, 5.74) is 1.00. The molecule has 0 radical (unpaired) electrons. The van der Waals surface area contributed by atoms with Crippen LogP contribution in [0.2, 0.25) is 5.02 Å². The predicted octanol–water partition coefficient (Wildman–Crippen LogP) is 3.73. The molecule has 1 aromatic rings. The van der Waals surface area contributed by atoms with Crippen LogP contribution < -0.4 is 10.1 Å². The maximum absolute atomic E-state index is 6.02. The number of methoxy groups -OCH3 is 1. The van der Waals surface area contributed by atoms with E-state index in [1.165, 1.54) is 12.8 Å². The third kappa shape index (κ3) is 1.91. The maximum atomic E-state index is 6.02. The molecule has 3 unspecified atom stereocenters. The highest BCUT2D eigenvalue weighted by Gasteiger charge is 2.41. The molecule has 3 heteroatoms. The van der Waals surface area contributed by atoms with Gasteiger partial charge in [0.25, 0.3) is 0 Å². The normalized spacial score (nSPS) is 29.6. The molecule has 2 nitrogen and oxygen atoms in total. The van der Waals surface area contributed by atoms with Gasteiger partial charge in [-0.15, -0.1) is 0 Å². The van der Waals surface area contributed by atoms with Gasteiger partial charge in [0.2, 0.25) is 0 Å². The lowest BCUT2D eigenvalue weighted by Crippen LogP contribution is -2.43. The van der Waals surface area contributed by atoms with E-state index >= 15 is 0 Å². The van der Waals surface area contributed by atoms with E-state index in [1.54, 1.807) is 7.11 Å². The van der Waals surface area contributed by atoms with E-state index in [9.17, 15) is 0 Å². The minimum atomic E-state index is 0.533. The molecule has 1 fully saturated rings. The molecule has 1 N–H and O–H groups in total. The van der Waals surface area contributed by atoms with E-state index in [0.717, 1.165) is 22.4 Å². The van der Waals surface area contributed by atoms with Crippen LogP contribution >= 0.6 is 11.6 Å². The van der Waals surface area contributed by atoms with Crippen molar-refractivity contribution < 1.29 is 4.74 Å². The molecule has 0 heterocycles. The molecular weight excluding hydrogens is 234 g/mol. The van der Waals surface area contributed by atoms with Crippen LogP contribution in [0.4, 0.5) is 5.69 Å². The first-order chi connectivity index (χ1) is 8.28. The van der Waals surface area contributed by atoms with Crippen LogP contribution in [0.1, 0.15) is 12.8 Å². The van der Waals surface area contributed by atoms with Crippen molar-refractivity contribution in [3.05, 3.63) is 35.4 Å². The second-order valence-electron chi connectivity index (χ2n) is 4.83. The van der Waals surface area contributed by atoms with Crippen LogP contribution in [0.3, 0.4) is 0 Å². The zero-order chi connectivity index (χ0) is 11.8. The van der Waals surface area contributed by atoms with E-state index in [2.05, 4.69) is 17.5 Å². The summed E-state index contributed by atoms with van der Waals surface area (Å²) in [6.45, 7) is 0. The summed E-state index contributed by atoms with van der Waals surface area (Å²) in [7, 11) is 1.69. The molecule has 3 atom stereocenters. The van der Waals surface area contributed by atoms with E-state index in [1.807, 2.05) is 18.2 Å². The van der Waals surface area contributed by atoms with Crippen LogP contribution in [0.15, 0.2) is 30.4 Å². The quantitative estimate of drug-likeness (QED) is 0.825. The monoisotopic (exact) mass is 249 g/mol. The Morgan fingerprint density at radius 1 is 1.41 bits per heavy atom. The fourth-order valence-corrected chi connectivity index (χ4v) is 3.05. The minimum absolute atomic E-state index is 0.533. The highest BCUT2D eigenvalue weighted by Crippen LogP contribution is 2.45. The summed E-state index contributed by atoms with van der Waals surface area (Å²) < 4.78 is 5.34. The SMILES string of the molecule is COc1ccc(Cl)cc1NC1CC2CC=CC21. The summed E-state index contributed by atoms with van der Waals surface area (Å²) in [5, 5.41) is 4.29. The zero-order valence-corrected chi connectivity index (χ0v) is 10.6. The predicted molar refractivity (Wildman–Crippen MR) is 70.8 cm³/mol. The second-order valence-corrected chi connectivity index (χ2v) is 5.27. The van der Waals surface area contributed by atoms with Gasteiger partial charge in [0.15, 0.2) is 0 Å². The summed E-state index contributed by atoms with van der Waals surface area (Å²) in [4.78, 5) is 0. The molecule has 2 aliphatic rings. The van der Waals surface area contributed by atoms with Crippen molar-refractivity contribution in [1.82, 2.24) is 0 Å². The van der Waals surface area contributed by atoms with Gasteiger partial charge in [-0.25, -0.2) is 0 Å². The van der Waals surface area contributed by atoms with Crippen molar-refractivity contribution in [2.24, 2.45) is 11.8 Å². The number of anilines is 1. The number of nitrogens with one attached hydrogen (secondary N) is 1. The number of ether oxygens (including phenoxy) is 1. The Labute approximate surface area is 107 Å². The van der Waals surface area contributed by atoms with Crippen molar-refractivity contribution in [2.75, 3.05) is 12.4 Å². The van der Waals surface area contributed by atoms with Crippen molar-refractivity contribution in [3.8, 4) is 5.75 Å². The highest BCUT2D eigenvalue weighted by molar-refractivity contribution is 6.30. The topological polar surface area (TPSA) is 21.3 Å². The second kappa shape index (κ2) is 4.26. The Kier molecular flexibility index (Phi) is 2.75. The summed E-state index contributed by atoms with van der Waals surface area (Å²) in [6.07, 6.45) is 7.12. The molecule has 90 valence electrons. The van der Waals surface area contributed by atoms with E-state index in [0.29, 0.717) is 12.0 Å². The van der Waals surface area contributed by atoms with Crippen LogP contribution in [0.25, 0.3) is 0 Å². The largest absolute Gasteiger partial charge is 0.495 e. The maximum Gasteiger partial charge on any atom is 0.142 e. The number of fused-ring (bicyclic) bond motifs is 1. The molecular formula is C14H16ClNO. The van der Waals surface area contributed by atoms with E-state index in [-0.39, 0.29) is 0 Å². The number of halogens is 1. The van der Waals surface area contributed by atoms with Gasteiger partial charge in [-0.2, -0.15) is 0 Å². The van der Waals surface area contributed by atoms with Crippen molar-refractivity contribution >= 4 is 17.3 Å². The van der Waals surface area contributed by atoms with Gasteiger partial charge >= 0.3 is 0 Å². The molecule has 17 heavy (non-hydrogen) atoms. The first kappa shape index (κ1) is 11.0. The Bertz CT molecular complexity index is 458. The van der Waals surface area contributed by atoms with Crippen LogP contribution in [-0.2, 0) is 0 Å². The molecule has 2 aliphatic carbocycles. The number of rotatable bonds is 3. The van der Waals surface area contributed by atoms with E-state index < -0.39 is 0 Å². The number of hydrogen-bond donors (Lipinski definition) is 1. The lowest BCUT2D eigenvalue weighted by atomic mass is 9.71. The van der Waals surface area contributed by atoms with Gasteiger partial charge < -0.3 is 10.1 Å². The Hall–Kier alpha value is -1.15. The van der Waals surface area contributed by atoms with Crippen molar-refractivity contribution in [2.45, 2.75) is 18.9 Å². The Morgan fingerprint density at radius 3 is 3.06 bits per heavy atom. The molecule has 0 spiro atoms. The molecule has 0 amide bonds. The minimum Gasteiger partial charge on any atom is -0.495 e. The molecule has 0 aromatic heterocycles. The van der Waals surface area contributed by atoms with Crippen LogP contribution in [-0.4, -0.2) is 13.2 Å². The molecule has 0 aliphatic heterocycles. The fraction of sp³-hybridized carbons (Fsp3) is 0.429.